The highest BCUT2D eigenvalue weighted by Crippen LogP contribution is 2.41. The van der Waals surface area contributed by atoms with Gasteiger partial charge in [-0.25, -0.2) is 4.39 Å². The van der Waals surface area contributed by atoms with Gasteiger partial charge in [0, 0.05) is 22.6 Å². The molecular weight excluding hydrogens is 389 g/mol. The van der Waals surface area contributed by atoms with Crippen molar-refractivity contribution in [2.75, 3.05) is 18.4 Å². The van der Waals surface area contributed by atoms with Gasteiger partial charge in [0.2, 0.25) is 0 Å². The van der Waals surface area contributed by atoms with E-state index in [1.54, 1.807) is 6.07 Å². The Bertz CT molecular complexity index is 1200. The van der Waals surface area contributed by atoms with Crippen molar-refractivity contribution in [2.45, 2.75) is 32.6 Å². The lowest BCUT2D eigenvalue weighted by Gasteiger charge is -2.23. The first-order chi connectivity index (χ1) is 15.0. The molecule has 0 saturated carbocycles. The molecule has 4 nitrogen and oxygen atoms in total. The SMILES string of the molecule is Cc1[nH]c(/C=C2\C(=O)Nc3cccc(-c4cccc(F)c4)c32)c(C)c1C1CCNCC1. The summed E-state index contributed by atoms with van der Waals surface area (Å²) in [5.74, 6) is 0.117. The number of aromatic amines is 1. The molecule has 3 N–H and O–H groups in total. The number of hydrogen-bond acceptors (Lipinski definition) is 2. The highest BCUT2D eigenvalue weighted by atomic mass is 19.1. The Kier molecular flexibility index (Phi) is 4.98. The fraction of sp³-hybridized carbons (Fsp3) is 0.269. The van der Waals surface area contributed by atoms with Gasteiger partial charge in [0.25, 0.3) is 5.91 Å². The first kappa shape index (κ1) is 19.8. The van der Waals surface area contributed by atoms with E-state index < -0.39 is 0 Å². The van der Waals surface area contributed by atoms with Crippen LogP contribution in [0, 0.1) is 19.7 Å². The molecule has 31 heavy (non-hydrogen) atoms. The van der Waals surface area contributed by atoms with Crippen LogP contribution in [0.15, 0.2) is 42.5 Å². The van der Waals surface area contributed by atoms with E-state index in [4.69, 9.17) is 0 Å². The molecule has 3 heterocycles. The third-order valence-corrected chi connectivity index (χ3v) is 6.53. The number of amides is 1. The largest absolute Gasteiger partial charge is 0.359 e. The van der Waals surface area contributed by atoms with Crippen molar-refractivity contribution in [1.82, 2.24) is 10.3 Å². The standard InChI is InChI=1S/C26H26FN3O/c1-15-23(29-16(2)24(15)17-9-11-28-12-10-17)14-21-25-20(18-5-3-6-19(27)13-18)7-4-8-22(25)30-26(21)31/h3-8,13-14,17,28-29H,9-12H2,1-2H3,(H,30,31)/b21-14-. The lowest BCUT2D eigenvalue weighted by Crippen LogP contribution is -2.27. The fourth-order valence-corrected chi connectivity index (χ4v) is 5.09. The number of nitrogens with one attached hydrogen (secondary N) is 3. The topological polar surface area (TPSA) is 56.9 Å². The Balaban J connectivity index is 1.62. The minimum absolute atomic E-state index is 0.131. The maximum Gasteiger partial charge on any atom is 0.256 e. The lowest BCUT2D eigenvalue weighted by molar-refractivity contribution is -0.110. The van der Waals surface area contributed by atoms with Gasteiger partial charge in [0.15, 0.2) is 0 Å². The van der Waals surface area contributed by atoms with Crippen LogP contribution in [0.3, 0.4) is 0 Å². The number of aryl methyl sites for hydroxylation is 1. The Morgan fingerprint density at radius 2 is 1.84 bits per heavy atom. The molecule has 1 aromatic heterocycles. The van der Waals surface area contributed by atoms with Crippen LogP contribution < -0.4 is 10.6 Å². The average Bonchev–Trinajstić information content (AvgIpc) is 3.24. The van der Waals surface area contributed by atoms with E-state index in [9.17, 15) is 9.18 Å². The third kappa shape index (κ3) is 3.49. The maximum absolute atomic E-state index is 13.9. The summed E-state index contributed by atoms with van der Waals surface area (Å²) in [6.45, 7) is 6.34. The molecule has 2 aliphatic heterocycles. The molecule has 1 saturated heterocycles. The second kappa shape index (κ2) is 7.82. The van der Waals surface area contributed by atoms with Gasteiger partial charge in [-0.1, -0.05) is 24.3 Å². The van der Waals surface area contributed by atoms with Crippen molar-refractivity contribution in [1.29, 1.82) is 0 Å². The highest BCUT2D eigenvalue weighted by Gasteiger charge is 2.29. The number of H-pyrrole nitrogens is 1. The van der Waals surface area contributed by atoms with Crippen molar-refractivity contribution < 1.29 is 9.18 Å². The average molecular weight is 416 g/mol. The minimum atomic E-state index is -0.291. The molecule has 0 bridgehead atoms. The number of hydrogen-bond donors (Lipinski definition) is 3. The summed E-state index contributed by atoms with van der Waals surface area (Å²) < 4.78 is 13.9. The molecule has 0 spiro atoms. The van der Waals surface area contributed by atoms with Gasteiger partial charge in [-0.15, -0.1) is 0 Å². The summed E-state index contributed by atoms with van der Waals surface area (Å²) in [5.41, 5.74) is 8.54. The molecule has 0 unspecified atom stereocenters. The molecule has 5 heteroatoms. The van der Waals surface area contributed by atoms with Crippen LogP contribution in [-0.4, -0.2) is 24.0 Å². The van der Waals surface area contributed by atoms with Gasteiger partial charge in [0.1, 0.15) is 5.82 Å². The summed E-state index contributed by atoms with van der Waals surface area (Å²) in [6.07, 6.45) is 4.21. The summed E-state index contributed by atoms with van der Waals surface area (Å²) in [5, 5.41) is 6.40. The normalized spacial score (nSPS) is 17.8. The van der Waals surface area contributed by atoms with E-state index in [-0.39, 0.29) is 11.7 Å². The number of piperidine rings is 1. The highest BCUT2D eigenvalue weighted by molar-refractivity contribution is 6.36. The first-order valence-corrected chi connectivity index (χ1v) is 10.8. The van der Waals surface area contributed by atoms with Crippen molar-refractivity contribution in [3.63, 3.8) is 0 Å². The first-order valence-electron chi connectivity index (χ1n) is 10.8. The maximum atomic E-state index is 13.9. The molecular formula is C26H26FN3O. The van der Waals surface area contributed by atoms with E-state index in [1.807, 2.05) is 30.3 Å². The van der Waals surface area contributed by atoms with E-state index in [0.717, 1.165) is 54.0 Å². The Morgan fingerprint density at radius 3 is 2.61 bits per heavy atom. The monoisotopic (exact) mass is 415 g/mol. The van der Waals surface area contributed by atoms with Crippen LogP contribution in [0.1, 0.15) is 46.8 Å². The second-order valence-corrected chi connectivity index (χ2v) is 8.48. The number of aromatic nitrogens is 1. The molecule has 0 radical (unpaired) electrons. The number of benzene rings is 2. The van der Waals surface area contributed by atoms with Crippen LogP contribution in [-0.2, 0) is 4.79 Å². The van der Waals surface area contributed by atoms with Gasteiger partial charge >= 0.3 is 0 Å². The van der Waals surface area contributed by atoms with Crippen molar-refractivity contribution in [3.05, 3.63) is 76.4 Å². The Hall–Kier alpha value is -3.18. The minimum Gasteiger partial charge on any atom is -0.359 e. The predicted molar refractivity (Wildman–Crippen MR) is 123 cm³/mol. The molecule has 3 aromatic rings. The van der Waals surface area contributed by atoms with Crippen LogP contribution in [0.5, 0.6) is 0 Å². The van der Waals surface area contributed by atoms with Gasteiger partial charge in [-0.2, -0.15) is 0 Å². The number of anilines is 1. The molecule has 5 rings (SSSR count). The molecule has 0 atom stereocenters. The number of carbonyl (C=O) groups excluding carboxylic acids is 1. The quantitative estimate of drug-likeness (QED) is 0.502. The van der Waals surface area contributed by atoms with Gasteiger partial charge in [-0.05, 0) is 92.2 Å². The van der Waals surface area contributed by atoms with Crippen molar-refractivity contribution in [3.8, 4) is 11.1 Å². The Labute approximate surface area is 181 Å². The van der Waals surface area contributed by atoms with Crippen LogP contribution in [0.4, 0.5) is 10.1 Å². The van der Waals surface area contributed by atoms with Crippen LogP contribution >= 0.6 is 0 Å². The number of rotatable bonds is 3. The number of fused-ring (bicyclic) bond motifs is 1. The molecule has 0 aliphatic carbocycles. The third-order valence-electron chi connectivity index (χ3n) is 6.53. The Morgan fingerprint density at radius 1 is 1.06 bits per heavy atom. The molecule has 1 amide bonds. The zero-order chi connectivity index (χ0) is 21.5. The summed E-state index contributed by atoms with van der Waals surface area (Å²) >= 11 is 0. The van der Waals surface area contributed by atoms with Crippen molar-refractivity contribution >= 4 is 23.2 Å². The summed E-state index contributed by atoms with van der Waals surface area (Å²) in [6, 6.07) is 12.2. The molecule has 1 fully saturated rings. The number of halogens is 1. The van der Waals surface area contributed by atoms with E-state index in [0.29, 0.717) is 11.5 Å². The van der Waals surface area contributed by atoms with E-state index >= 15 is 0 Å². The molecule has 2 aromatic carbocycles. The fourth-order valence-electron chi connectivity index (χ4n) is 5.09. The smallest absolute Gasteiger partial charge is 0.256 e. The van der Waals surface area contributed by atoms with E-state index in [2.05, 4.69) is 29.5 Å². The van der Waals surface area contributed by atoms with E-state index in [1.165, 1.54) is 29.0 Å². The molecule has 2 aliphatic rings. The zero-order valence-corrected chi connectivity index (χ0v) is 17.8. The summed E-state index contributed by atoms with van der Waals surface area (Å²) in [7, 11) is 0. The molecule has 158 valence electrons. The lowest BCUT2D eigenvalue weighted by atomic mass is 9.87. The predicted octanol–water partition coefficient (Wildman–Crippen LogP) is 5.40. The van der Waals surface area contributed by atoms with Crippen molar-refractivity contribution in [2.24, 2.45) is 0 Å². The zero-order valence-electron chi connectivity index (χ0n) is 17.8. The van der Waals surface area contributed by atoms with Crippen LogP contribution in [0.25, 0.3) is 22.8 Å². The summed E-state index contributed by atoms with van der Waals surface area (Å²) in [4.78, 5) is 16.4. The van der Waals surface area contributed by atoms with Gasteiger partial charge in [-0.3, -0.25) is 4.79 Å². The second-order valence-electron chi connectivity index (χ2n) is 8.48. The van der Waals surface area contributed by atoms with Gasteiger partial charge < -0.3 is 15.6 Å². The van der Waals surface area contributed by atoms with Crippen LogP contribution in [0.2, 0.25) is 0 Å². The number of carbonyl (C=O) groups is 1. The van der Waals surface area contributed by atoms with Gasteiger partial charge in [0.05, 0.1) is 5.57 Å².